The molecule has 2 rings (SSSR count). The maximum atomic E-state index is 12.0. The third kappa shape index (κ3) is 3.38. The number of hydrogen-bond acceptors (Lipinski definition) is 2. The minimum Gasteiger partial charge on any atom is -0.388 e. The first kappa shape index (κ1) is 14.1. The molecule has 106 valence electrons. The topological polar surface area (TPSA) is 54.3 Å². The Bertz CT molecular complexity index is 452. The van der Waals surface area contributed by atoms with Gasteiger partial charge in [0.25, 0.3) is 5.91 Å². The van der Waals surface area contributed by atoms with Crippen molar-refractivity contribution in [2.45, 2.75) is 45.1 Å². The van der Waals surface area contributed by atoms with Crippen molar-refractivity contribution in [2.24, 2.45) is 12.5 Å². The Balaban J connectivity index is 1.89. The Morgan fingerprint density at radius 2 is 2.00 bits per heavy atom. The van der Waals surface area contributed by atoms with Gasteiger partial charge >= 0.3 is 0 Å². The van der Waals surface area contributed by atoms with Gasteiger partial charge in [-0.25, -0.2) is 0 Å². The molecular weight excluding hydrogens is 240 g/mol. The molecule has 0 unspecified atom stereocenters. The molecule has 0 aromatic carbocycles. The molecule has 0 atom stereocenters. The van der Waals surface area contributed by atoms with Gasteiger partial charge in [-0.1, -0.05) is 13.8 Å². The molecule has 1 fully saturated rings. The fraction of sp³-hybridized carbons (Fsp3) is 0.667. The molecule has 0 saturated heterocycles. The van der Waals surface area contributed by atoms with Crippen LogP contribution >= 0.6 is 0 Å². The number of aryl methyl sites for hydroxylation is 1. The monoisotopic (exact) mass is 264 g/mol. The summed E-state index contributed by atoms with van der Waals surface area (Å²) >= 11 is 0. The van der Waals surface area contributed by atoms with Crippen molar-refractivity contribution >= 4 is 5.91 Å². The first-order valence-corrected chi connectivity index (χ1v) is 6.93. The lowest BCUT2D eigenvalue weighted by Crippen LogP contribution is -2.46. The number of rotatable bonds is 3. The first-order chi connectivity index (χ1) is 8.81. The van der Waals surface area contributed by atoms with Gasteiger partial charge in [0.1, 0.15) is 5.69 Å². The molecule has 2 N–H and O–H groups in total. The maximum absolute atomic E-state index is 12.0. The summed E-state index contributed by atoms with van der Waals surface area (Å²) in [6, 6.07) is 3.62. The van der Waals surface area contributed by atoms with Crippen molar-refractivity contribution in [3.63, 3.8) is 0 Å². The zero-order chi connectivity index (χ0) is 14.1. The highest BCUT2D eigenvalue weighted by Crippen LogP contribution is 2.39. The van der Waals surface area contributed by atoms with E-state index in [9.17, 15) is 9.90 Å². The van der Waals surface area contributed by atoms with Gasteiger partial charge in [0, 0.05) is 19.8 Å². The summed E-state index contributed by atoms with van der Waals surface area (Å²) in [4.78, 5) is 12.0. The van der Waals surface area contributed by atoms with Gasteiger partial charge in [-0.15, -0.1) is 0 Å². The molecule has 0 radical (unpaired) electrons. The average molecular weight is 264 g/mol. The maximum Gasteiger partial charge on any atom is 0.267 e. The van der Waals surface area contributed by atoms with E-state index in [2.05, 4.69) is 19.2 Å². The lowest BCUT2D eigenvalue weighted by atomic mass is 9.71. The molecule has 1 aromatic heterocycles. The minimum absolute atomic E-state index is 0.120. The molecule has 1 aliphatic carbocycles. The van der Waals surface area contributed by atoms with Crippen LogP contribution in [-0.4, -0.2) is 27.7 Å². The molecule has 1 aromatic rings. The number of hydrogen-bond donors (Lipinski definition) is 2. The van der Waals surface area contributed by atoms with Crippen molar-refractivity contribution in [3.05, 3.63) is 24.0 Å². The minimum atomic E-state index is -0.740. The smallest absolute Gasteiger partial charge is 0.267 e. The molecule has 0 aliphatic heterocycles. The van der Waals surface area contributed by atoms with Crippen LogP contribution in [0.2, 0.25) is 0 Å². The van der Waals surface area contributed by atoms with Crippen LogP contribution in [0, 0.1) is 5.41 Å². The van der Waals surface area contributed by atoms with Crippen LogP contribution < -0.4 is 5.32 Å². The molecule has 1 heterocycles. The summed E-state index contributed by atoms with van der Waals surface area (Å²) in [5.74, 6) is -0.120. The number of nitrogens with one attached hydrogen (secondary N) is 1. The lowest BCUT2D eigenvalue weighted by molar-refractivity contribution is -0.0233. The van der Waals surface area contributed by atoms with Gasteiger partial charge in [0.05, 0.1) is 5.60 Å². The van der Waals surface area contributed by atoms with Gasteiger partial charge in [-0.05, 0) is 43.2 Å². The van der Waals surface area contributed by atoms with Crippen molar-refractivity contribution in [2.75, 3.05) is 6.54 Å². The van der Waals surface area contributed by atoms with Crippen LogP contribution in [0.25, 0.3) is 0 Å². The lowest BCUT2D eigenvalue weighted by Gasteiger charge is -2.40. The average Bonchev–Trinajstić information content (AvgIpc) is 2.77. The quantitative estimate of drug-likeness (QED) is 0.878. The Kier molecular flexibility index (Phi) is 3.72. The van der Waals surface area contributed by atoms with E-state index in [1.54, 1.807) is 10.6 Å². The number of carbonyl (C=O) groups excluding carboxylic acids is 1. The van der Waals surface area contributed by atoms with Crippen LogP contribution in [0.1, 0.15) is 50.0 Å². The molecule has 0 bridgehead atoms. The van der Waals surface area contributed by atoms with E-state index in [4.69, 9.17) is 0 Å². The van der Waals surface area contributed by atoms with Crippen LogP contribution in [0.5, 0.6) is 0 Å². The summed E-state index contributed by atoms with van der Waals surface area (Å²) in [5, 5.41) is 13.4. The van der Waals surface area contributed by atoms with E-state index < -0.39 is 5.60 Å². The standard InChI is InChI=1S/C15H24N2O2/c1-14(2)6-8-15(19,9-7-14)11-16-13(18)12-5-4-10-17(12)3/h4-5,10,19H,6-9,11H2,1-3H3,(H,16,18). The zero-order valence-electron chi connectivity index (χ0n) is 12.1. The van der Waals surface area contributed by atoms with Gasteiger partial charge < -0.3 is 15.0 Å². The molecule has 1 amide bonds. The summed E-state index contributed by atoms with van der Waals surface area (Å²) in [7, 11) is 1.84. The Morgan fingerprint density at radius 1 is 1.37 bits per heavy atom. The van der Waals surface area contributed by atoms with Crippen molar-refractivity contribution < 1.29 is 9.90 Å². The van der Waals surface area contributed by atoms with Gasteiger partial charge in [0.15, 0.2) is 0 Å². The number of aliphatic hydroxyl groups is 1. The van der Waals surface area contributed by atoms with E-state index >= 15 is 0 Å². The van der Waals surface area contributed by atoms with E-state index in [-0.39, 0.29) is 5.91 Å². The van der Waals surface area contributed by atoms with E-state index in [0.29, 0.717) is 17.7 Å². The second kappa shape index (κ2) is 5.00. The summed E-state index contributed by atoms with van der Waals surface area (Å²) in [6.45, 7) is 4.80. The molecule has 1 aliphatic rings. The van der Waals surface area contributed by atoms with E-state index in [1.807, 2.05) is 19.3 Å². The Hall–Kier alpha value is -1.29. The normalized spacial score (nSPS) is 21.1. The second-order valence-electron chi connectivity index (χ2n) is 6.58. The number of aromatic nitrogens is 1. The predicted octanol–water partition coefficient (Wildman–Crippen LogP) is 2.09. The molecule has 1 saturated carbocycles. The second-order valence-corrected chi connectivity index (χ2v) is 6.58. The van der Waals surface area contributed by atoms with Crippen LogP contribution in [0.3, 0.4) is 0 Å². The van der Waals surface area contributed by atoms with Crippen molar-refractivity contribution in [1.29, 1.82) is 0 Å². The molecule has 0 spiro atoms. The number of nitrogens with zero attached hydrogens (tertiary/aromatic N) is 1. The molecule has 4 nitrogen and oxygen atoms in total. The highest BCUT2D eigenvalue weighted by atomic mass is 16.3. The van der Waals surface area contributed by atoms with Crippen LogP contribution in [-0.2, 0) is 7.05 Å². The largest absolute Gasteiger partial charge is 0.388 e. The fourth-order valence-corrected chi connectivity index (χ4v) is 2.60. The molecule has 19 heavy (non-hydrogen) atoms. The summed E-state index contributed by atoms with van der Waals surface area (Å²) in [6.07, 6.45) is 5.36. The highest BCUT2D eigenvalue weighted by Gasteiger charge is 2.36. The number of carbonyl (C=O) groups is 1. The number of amides is 1. The van der Waals surface area contributed by atoms with E-state index in [0.717, 1.165) is 25.7 Å². The van der Waals surface area contributed by atoms with Crippen molar-refractivity contribution in [1.82, 2.24) is 9.88 Å². The van der Waals surface area contributed by atoms with Gasteiger partial charge in [-0.2, -0.15) is 0 Å². The first-order valence-electron chi connectivity index (χ1n) is 6.93. The molecular formula is C15H24N2O2. The molecule has 4 heteroatoms. The summed E-state index contributed by atoms with van der Waals surface area (Å²) in [5.41, 5.74) is 0.199. The third-order valence-electron chi connectivity index (χ3n) is 4.29. The van der Waals surface area contributed by atoms with Crippen LogP contribution in [0.4, 0.5) is 0 Å². The van der Waals surface area contributed by atoms with Crippen LogP contribution in [0.15, 0.2) is 18.3 Å². The zero-order valence-corrected chi connectivity index (χ0v) is 12.1. The Labute approximate surface area is 114 Å². The van der Waals surface area contributed by atoms with Gasteiger partial charge in [0.2, 0.25) is 0 Å². The summed E-state index contributed by atoms with van der Waals surface area (Å²) < 4.78 is 1.78. The third-order valence-corrected chi connectivity index (χ3v) is 4.29. The predicted molar refractivity (Wildman–Crippen MR) is 74.9 cm³/mol. The highest BCUT2D eigenvalue weighted by molar-refractivity contribution is 5.92. The Morgan fingerprint density at radius 3 is 2.53 bits per heavy atom. The van der Waals surface area contributed by atoms with Gasteiger partial charge in [-0.3, -0.25) is 4.79 Å². The SMILES string of the molecule is Cn1cccc1C(=O)NCC1(O)CCC(C)(C)CC1. The van der Waals surface area contributed by atoms with E-state index in [1.165, 1.54) is 0 Å². The van der Waals surface area contributed by atoms with Crippen molar-refractivity contribution in [3.8, 4) is 0 Å². The fourth-order valence-electron chi connectivity index (χ4n) is 2.60.